The van der Waals surface area contributed by atoms with E-state index >= 15 is 0 Å². The van der Waals surface area contributed by atoms with E-state index in [0.717, 1.165) is 16.5 Å². The second-order valence-corrected chi connectivity index (χ2v) is 8.10. The van der Waals surface area contributed by atoms with Crippen molar-refractivity contribution in [3.05, 3.63) is 58.6 Å². The van der Waals surface area contributed by atoms with E-state index in [0.29, 0.717) is 29.1 Å². The Morgan fingerprint density at radius 3 is 2.56 bits per heavy atom. The van der Waals surface area contributed by atoms with Crippen LogP contribution < -0.4 is 20.3 Å². The normalized spacial score (nSPS) is 11.1. The fourth-order valence-electron chi connectivity index (χ4n) is 3.53. The zero-order chi connectivity index (χ0) is 22.7. The Balaban J connectivity index is 1.48. The van der Waals surface area contributed by atoms with E-state index in [9.17, 15) is 9.59 Å². The number of carbonyl (C=O) groups excluding carboxylic acids is 1. The Kier molecular flexibility index (Phi) is 6.36. The summed E-state index contributed by atoms with van der Waals surface area (Å²) in [7, 11) is 3.12. The summed E-state index contributed by atoms with van der Waals surface area (Å²) >= 11 is 1.67. The maximum atomic E-state index is 13.0. The first-order valence-electron chi connectivity index (χ1n) is 10.1. The minimum atomic E-state index is -0.232. The van der Waals surface area contributed by atoms with Gasteiger partial charge in [0.2, 0.25) is 5.91 Å². The number of methoxy groups -OCH3 is 2. The van der Waals surface area contributed by atoms with Crippen LogP contribution in [-0.4, -0.2) is 40.9 Å². The first-order chi connectivity index (χ1) is 15.5. The third kappa shape index (κ3) is 4.29. The van der Waals surface area contributed by atoms with E-state index in [2.05, 4.69) is 15.3 Å². The van der Waals surface area contributed by atoms with Crippen LogP contribution in [0, 0.1) is 0 Å². The van der Waals surface area contributed by atoms with E-state index in [4.69, 9.17) is 9.47 Å². The van der Waals surface area contributed by atoms with Crippen molar-refractivity contribution in [2.24, 2.45) is 0 Å². The number of aromatic nitrogens is 3. The summed E-state index contributed by atoms with van der Waals surface area (Å²) in [5.74, 6) is 0.996. The number of nitrogens with one attached hydrogen (secondary N) is 2. The van der Waals surface area contributed by atoms with Crippen LogP contribution in [0.5, 0.6) is 11.5 Å². The van der Waals surface area contributed by atoms with Crippen molar-refractivity contribution in [1.29, 1.82) is 0 Å². The number of ether oxygens (including phenoxy) is 2. The SMILES string of the molecule is COc1cc2[nH]c3c(=O)n(CCC(=O)NCc4ccc(SC)cc4)cnc3c2cc1OC. The average molecular weight is 453 g/mol. The monoisotopic (exact) mass is 452 g/mol. The molecule has 2 aromatic carbocycles. The van der Waals surface area contributed by atoms with E-state index in [1.54, 1.807) is 38.1 Å². The van der Waals surface area contributed by atoms with Gasteiger partial charge in [0.05, 0.1) is 26.1 Å². The van der Waals surface area contributed by atoms with Crippen LogP contribution in [0.4, 0.5) is 0 Å². The van der Waals surface area contributed by atoms with Gasteiger partial charge in [0.25, 0.3) is 5.56 Å². The minimum Gasteiger partial charge on any atom is -0.493 e. The largest absolute Gasteiger partial charge is 0.493 e. The Morgan fingerprint density at radius 2 is 1.88 bits per heavy atom. The Labute approximate surface area is 188 Å². The molecule has 0 spiro atoms. The highest BCUT2D eigenvalue weighted by Crippen LogP contribution is 2.34. The maximum absolute atomic E-state index is 13.0. The first-order valence-corrected chi connectivity index (χ1v) is 11.3. The molecule has 0 saturated heterocycles. The summed E-state index contributed by atoms with van der Waals surface area (Å²) < 4.78 is 12.1. The number of thioether (sulfide) groups is 1. The van der Waals surface area contributed by atoms with Gasteiger partial charge < -0.3 is 19.8 Å². The van der Waals surface area contributed by atoms with Gasteiger partial charge in [0.1, 0.15) is 11.0 Å². The maximum Gasteiger partial charge on any atom is 0.277 e. The van der Waals surface area contributed by atoms with Gasteiger partial charge in [-0.2, -0.15) is 0 Å². The van der Waals surface area contributed by atoms with Gasteiger partial charge in [-0.05, 0) is 30.0 Å². The van der Waals surface area contributed by atoms with Gasteiger partial charge in [0, 0.05) is 35.9 Å². The van der Waals surface area contributed by atoms with E-state index < -0.39 is 0 Å². The van der Waals surface area contributed by atoms with Crippen LogP contribution in [0.1, 0.15) is 12.0 Å². The smallest absolute Gasteiger partial charge is 0.277 e. The molecule has 1 amide bonds. The molecule has 0 unspecified atom stereocenters. The summed E-state index contributed by atoms with van der Waals surface area (Å²) in [6.45, 7) is 0.687. The standard InChI is InChI=1S/C23H24N4O4S/c1-30-18-10-16-17(11-19(18)31-2)26-22-21(16)25-13-27(23(22)29)9-8-20(28)24-12-14-4-6-15(32-3)7-5-14/h4-7,10-11,13,26H,8-9,12H2,1-3H3,(H,24,28). The number of amides is 1. The van der Waals surface area contributed by atoms with Gasteiger partial charge in [-0.25, -0.2) is 4.98 Å². The number of hydrogen-bond acceptors (Lipinski definition) is 6. The van der Waals surface area contributed by atoms with Crippen LogP contribution in [-0.2, 0) is 17.9 Å². The Hall–Kier alpha value is -3.46. The molecule has 4 aromatic rings. The average Bonchev–Trinajstić information content (AvgIpc) is 3.20. The molecule has 4 rings (SSSR count). The van der Waals surface area contributed by atoms with Gasteiger partial charge in [0.15, 0.2) is 11.5 Å². The molecule has 0 fully saturated rings. The highest BCUT2D eigenvalue weighted by molar-refractivity contribution is 7.98. The molecule has 166 valence electrons. The number of nitrogens with zero attached hydrogens (tertiary/aromatic N) is 2. The number of fused-ring (bicyclic) bond motifs is 3. The van der Waals surface area contributed by atoms with Crippen molar-refractivity contribution < 1.29 is 14.3 Å². The predicted molar refractivity (Wildman–Crippen MR) is 126 cm³/mol. The number of hydrogen-bond donors (Lipinski definition) is 2. The molecule has 2 N–H and O–H groups in total. The highest BCUT2D eigenvalue weighted by Gasteiger charge is 2.15. The van der Waals surface area contributed by atoms with Crippen molar-refractivity contribution in [2.45, 2.75) is 24.4 Å². The lowest BCUT2D eigenvalue weighted by atomic mass is 10.2. The van der Waals surface area contributed by atoms with Crippen molar-refractivity contribution in [3.63, 3.8) is 0 Å². The predicted octanol–water partition coefficient (Wildman–Crippen LogP) is 3.32. The summed E-state index contributed by atoms with van der Waals surface area (Å²) in [4.78, 5) is 34.0. The molecule has 2 heterocycles. The number of H-pyrrole nitrogens is 1. The van der Waals surface area contributed by atoms with Crippen molar-refractivity contribution in [3.8, 4) is 11.5 Å². The molecule has 0 saturated carbocycles. The van der Waals surface area contributed by atoms with E-state index in [-0.39, 0.29) is 24.4 Å². The molecule has 2 aromatic heterocycles. The molecular formula is C23H24N4O4S. The van der Waals surface area contributed by atoms with Crippen molar-refractivity contribution in [2.75, 3.05) is 20.5 Å². The Bertz CT molecular complexity index is 1330. The molecule has 0 aliphatic rings. The van der Waals surface area contributed by atoms with Gasteiger partial charge in [-0.15, -0.1) is 11.8 Å². The molecule has 0 aliphatic heterocycles. The lowest BCUT2D eigenvalue weighted by molar-refractivity contribution is -0.121. The summed E-state index contributed by atoms with van der Waals surface area (Å²) in [6, 6.07) is 11.6. The van der Waals surface area contributed by atoms with E-state index in [1.165, 1.54) is 15.8 Å². The third-order valence-corrected chi connectivity index (χ3v) is 6.05. The fourth-order valence-corrected chi connectivity index (χ4v) is 3.94. The van der Waals surface area contributed by atoms with Gasteiger partial charge in [-0.1, -0.05) is 12.1 Å². The summed E-state index contributed by atoms with van der Waals surface area (Å²) in [5.41, 5.74) is 2.46. The fraction of sp³-hybridized carbons (Fsp3) is 0.261. The summed E-state index contributed by atoms with van der Waals surface area (Å²) in [6.07, 6.45) is 3.68. The molecule has 32 heavy (non-hydrogen) atoms. The Morgan fingerprint density at radius 1 is 1.16 bits per heavy atom. The number of aromatic amines is 1. The van der Waals surface area contributed by atoms with E-state index in [1.807, 2.05) is 30.5 Å². The number of carbonyl (C=O) groups is 1. The lowest BCUT2D eigenvalue weighted by Gasteiger charge is -2.08. The van der Waals surface area contributed by atoms with Crippen molar-refractivity contribution >= 4 is 39.6 Å². The molecule has 0 atom stereocenters. The topological polar surface area (TPSA) is 98.2 Å². The molecule has 0 aliphatic carbocycles. The molecule has 8 nitrogen and oxygen atoms in total. The molecular weight excluding hydrogens is 428 g/mol. The zero-order valence-corrected chi connectivity index (χ0v) is 18.9. The number of rotatable bonds is 8. The number of aryl methyl sites for hydroxylation is 1. The summed E-state index contributed by atoms with van der Waals surface area (Å²) in [5, 5.41) is 3.66. The molecule has 0 bridgehead atoms. The lowest BCUT2D eigenvalue weighted by Crippen LogP contribution is -2.27. The highest BCUT2D eigenvalue weighted by atomic mass is 32.2. The quantitative estimate of drug-likeness (QED) is 0.398. The zero-order valence-electron chi connectivity index (χ0n) is 18.1. The second-order valence-electron chi connectivity index (χ2n) is 7.22. The van der Waals surface area contributed by atoms with Crippen LogP contribution in [0.3, 0.4) is 0 Å². The first kappa shape index (κ1) is 21.8. The van der Waals surface area contributed by atoms with Crippen LogP contribution in [0.2, 0.25) is 0 Å². The van der Waals surface area contributed by atoms with Crippen LogP contribution in [0.15, 0.2) is 52.4 Å². The van der Waals surface area contributed by atoms with Crippen LogP contribution in [0.25, 0.3) is 21.9 Å². The van der Waals surface area contributed by atoms with Crippen molar-refractivity contribution in [1.82, 2.24) is 19.9 Å². The number of benzene rings is 2. The van der Waals surface area contributed by atoms with Crippen LogP contribution >= 0.6 is 11.8 Å². The second kappa shape index (κ2) is 9.35. The van der Waals surface area contributed by atoms with Gasteiger partial charge in [-0.3, -0.25) is 14.2 Å². The minimum absolute atomic E-state index is 0.128. The van der Waals surface area contributed by atoms with Gasteiger partial charge >= 0.3 is 0 Å². The molecule has 9 heteroatoms. The molecule has 0 radical (unpaired) electrons. The third-order valence-electron chi connectivity index (χ3n) is 5.30.